The van der Waals surface area contributed by atoms with Crippen LogP contribution in [0.1, 0.15) is 101 Å². The van der Waals surface area contributed by atoms with Crippen molar-refractivity contribution >= 4 is 46.7 Å². The van der Waals surface area contributed by atoms with Crippen molar-refractivity contribution in [1.82, 2.24) is 19.8 Å². The van der Waals surface area contributed by atoms with E-state index in [1.807, 2.05) is 19.1 Å². The Bertz CT molecular complexity index is 1980. The van der Waals surface area contributed by atoms with Crippen LogP contribution in [0.3, 0.4) is 0 Å². The van der Waals surface area contributed by atoms with Crippen molar-refractivity contribution in [3.63, 3.8) is 0 Å². The number of amides is 2. The predicted molar refractivity (Wildman–Crippen MR) is 212 cm³/mol. The van der Waals surface area contributed by atoms with Gasteiger partial charge in [0.1, 0.15) is 17.5 Å². The number of nitrogens with one attached hydrogen (secondary N) is 2. The number of fused-ring (bicyclic) bond motifs is 2. The first-order valence-electron chi connectivity index (χ1n) is 19.7. The summed E-state index contributed by atoms with van der Waals surface area (Å²) in [7, 11) is 1.46. The van der Waals surface area contributed by atoms with E-state index in [1.54, 1.807) is 6.08 Å². The minimum atomic E-state index is -4.73. The molecular weight excluding hydrogens is 765 g/mol. The van der Waals surface area contributed by atoms with Crippen molar-refractivity contribution in [1.29, 1.82) is 0 Å². The van der Waals surface area contributed by atoms with Gasteiger partial charge in [-0.25, -0.2) is 4.79 Å². The SMILES string of the molecule is CCCCC1=CC(CCC(=O)NC(CS(=O)(=O)O)C(=O)NCCCCC(=O)On2c(O)ccc2O)=[N+]2C1=Cc1c(CCCC)cc(CCC[N+](C)(C)C)n1[B-]2(F)F. The van der Waals surface area contributed by atoms with E-state index in [2.05, 4.69) is 38.7 Å². The van der Waals surface area contributed by atoms with Gasteiger partial charge in [-0.15, -0.1) is 4.73 Å². The first-order chi connectivity index (χ1) is 26.8. The Morgan fingerprint density at radius 3 is 2.23 bits per heavy atom. The molecule has 0 bridgehead atoms. The van der Waals surface area contributed by atoms with Crippen molar-refractivity contribution in [3.8, 4) is 11.8 Å². The van der Waals surface area contributed by atoms with E-state index < -0.39 is 58.4 Å². The molecule has 57 heavy (non-hydrogen) atoms. The number of nitrogens with zero attached hydrogens (tertiary/aromatic N) is 4. The number of carbonyl (C=O) groups is 3. The van der Waals surface area contributed by atoms with Gasteiger partial charge in [-0.2, -0.15) is 8.42 Å². The predicted octanol–water partition coefficient (Wildman–Crippen LogP) is 3.94. The minimum absolute atomic E-state index is 0.0344. The number of hydrogen-bond acceptors (Lipinski definition) is 8. The van der Waals surface area contributed by atoms with Gasteiger partial charge >= 0.3 is 12.9 Å². The molecule has 0 saturated heterocycles. The van der Waals surface area contributed by atoms with Crippen molar-refractivity contribution in [2.75, 3.05) is 40.0 Å². The molecule has 2 aliphatic heterocycles. The molecule has 2 aromatic rings. The summed E-state index contributed by atoms with van der Waals surface area (Å²) in [5.74, 6) is -4.54. The van der Waals surface area contributed by atoms with Crippen LogP contribution < -0.4 is 15.5 Å². The Labute approximate surface area is 333 Å². The third-order valence-electron chi connectivity index (χ3n) is 9.97. The zero-order chi connectivity index (χ0) is 42.1. The van der Waals surface area contributed by atoms with Crippen LogP contribution in [0.2, 0.25) is 0 Å². The summed E-state index contributed by atoms with van der Waals surface area (Å²) >= 11 is 0. The number of quaternary nitrogens is 1. The lowest BCUT2D eigenvalue weighted by Crippen LogP contribution is -2.52. The molecule has 4 heterocycles. The number of aromatic nitrogens is 2. The van der Waals surface area contributed by atoms with Gasteiger partial charge in [0.2, 0.25) is 23.6 Å². The van der Waals surface area contributed by atoms with Gasteiger partial charge in [0.15, 0.2) is 5.70 Å². The van der Waals surface area contributed by atoms with Gasteiger partial charge < -0.3 is 47.8 Å². The van der Waals surface area contributed by atoms with Crippen molar-refractivity contribution < 1.29 is 60.0 Å². The van der Waals surface area contributed by atoms with E-state index in [-0.39, 0.29) is 44.4 Å². The van der Waals surface area contributed by atoms with Crippen LogP contribution in [0.15, 0.2) is 35.5 Å². The summed E-state index contributed by atoms with van der Waals surface area (Å²) in [6, 6.07) is 2.50. The smallest absolute Gasteiger partial charge is 0.492 e. The fourth-order valence-corrected chi connectivity index (χ4v) is 7.80. The first kappa shape index (κ1) is 45.2. The Hall–Kier alpha value is -4.49. The molecular formula is C38H58BF2N6O9S+. The Balaban J connectivity index is 1.47. The lowest BCUT2D eigenvalue weighted by molar-refractivity contribution is -0.870. The lowest BCUT2D eigenvalue weighted by atomic mass is 9.88. The topological polar surface area (TPSA) is 192 Å². The third kappa shape index (κ3) is 12.3. The molecule has 15 nitrogen and oxygen atoms in total. The summed E-state index contributed by atoms with van der Waals surface area (Å²) in [4.78, 5) is 43.1. The van der Waals surface area contributed by atoms with Gasteiger partial charge in [-0.05, 0) is 62.3 Å². The summed E-state index contributed by atoms with van der Waals surface area (Å²) in [6.07, 6.45) is 9.27. The Morgan fingerprint density at radius 2 is 1.60 bits per heavy atom. The van der Waals surface area contributed by atoms with Crippen LogP contribution in [-0.2, 0) is 37.3 Å². The highest BCUT2D eigenvalue weighted by Crippen LogP contribution is 2.40. The van der Waals surface area contributed by atoms with E-state index in [0.717, 1.165) is 66.4 Å². The summed E-state index contributed by atoms with van der Waals surface area (Å²) in [5, 5.41) is 24.0. The summed E-state index contributed by atoms with van der Waals surface area (Å²) in [6.45, 7) is 0.512. The first-order valence-corrected chi connectivity index (χ1v) is 21.3. The Kier molecular flexibility index (Phi) is 15.3. The van der Waals surface area contributed by atoms with Crippen molar-refractivity contribution in [2.24, 2.45) is 0 Å². The molecule has 0 radical (unpaired) electrons. The average molecular weight is 824 g/mol. The molecule has 2 amide bonds. The molecule has 0 fully saturated rings. The van der Waals surface area contributed by atoms with E-state index in [4.69, 9.17) is 4.84 Å². The molecule has 4 rings (SSSR count). The third-order valence-corrected chi connectivity index (χ3v) is 10.7. The monoisotopic (exact) mass is 823 g/mol. The van der Waals surface area contributed by atoms with Gasteiger partial charge in [0, 0.05) is 67.8 Å². The van der Waals surface area contributed by atoms with Crippen LogP contribution in [0, 0.1) is 0 Å². The van der Waals surface area contributed by atoms with Gasteiger partial charge in [0.25, 0.3) is 10.1 Å². The van der Waals surface area contributed by atoms with Crippen LogP contribution in [0.4, 0.5) is 8.63 Å². The van der Waals surface area contributed by atoms with Crippen LogP contribution in [0.25, 0.3) is 6.08 Å². The quantitative estimate of drug-likeness (QED) is 0.0478. The molecule has 1 unspecified atom stereocenters. The highest BCUT2D eigenvalue weighted by molar-refractivity contribution is 7.85. The maximum absolute atomic E-state index is 17.1. The fraction of sp³-hybridized carbons (Fsp3) is 0.579. The Morgan fingerprint density at radius 1 is 0.930 bits per heavy atom. The largest absolute Gasteiger partial charge is 0.737 e. The summed E-state index contributed by atoms with van der Waals surface area (Å²) < 4.78 is 70.8. The molecule has 0 aromatic carbocycles. The highest BCUT2D eigenvalue weighted by atomic mass is 32.2. The van der Waals surface area contributed by atoms with Crippen LogP contribution in [0.5, 0.6) is 11.8 Å². The van der Waals surface area contributed by atoms with Crippen LogP contribution in [-0.4, -0.2) is 118 Å². The molecule has 2 aromatic heterocycles. The lowest BCUT2D eigenvalue weighted by Gasteiger charge is -2.32. The summed E-state index contributed by atoms with van der Waals surface area (Å²) in [5.41, 5.74) is 3.42. The highest BCUT2D eigenvalue weighted by Gasteiger charge is 2.54. The molecule has 0 spiro atoms. The second-order valence-corrected chi connectivity index (χ2v) is 17.3. The number of hydrogen-bond donors (Lipinski definition) is 5. The molecule has 2 aliphatic rings. The fourth-order valence-electron chi connectivity index (χ4n) is 7.14. The second-order valence-electron chi connectivity index (χ2n) is 15.8. The maximum Gasteiger partial charge on any atom is 0.737 e. The number of aromatic hydroxyl groups is 2. The normalized spacial score (nSPS) is 15.4. The molecule has 19 heteroatoms. The van der Waals surface area contributed by atoms with Gasteiger partial charge in [0.05, 0.1) is 27.7 Å². The number of aryl methyl sites for hydroxylation is 2. The number of carbonyl (C=O) groups excluding carboxylic acids is 3. The average Bonchev–Trinajstić information content (AvgIpc) is 3.76. The van der Waals surface area contributed by atoms with Crippen LogP contribution >= 0.6 is 0 Å². The van der Waals surface area contributed by atoms with Gasteiger partial charge in [-0.3, -0.25) is 14.1 Å². The van der Waals surface area contributed by atoms with Gasteiger partial charge in [-0.1, -0.05) is 26.7 Å². The standard InChI is InChI=1S/C38H57BF2N6O9S/c1-6-8-13-27-23-29(15-12-22-47(3,4)5)44-32(27)25-33-28(14-9-7-2)24-30(45(33)39(44,40)41)17-18-34(48)43-31(26-57(53,54)55)38(52)42-21-11-10-16-37(51)56-46-35(49)19-20-36(46)50/h19-20,23-25,31H,6-18,21-22,26H2,1-5H3,(H4-,42,43,48,49,50,52,53,54,55)/p+1. The van der Waals surface area contributed by atoms with E-state index in [1.165, 1.54) is 4.48 Å². The zero-order valence-corrected chi connectivity index (χ0v) is 34.4. The second kappa shape index (κ2) is 19.3. The van der Waals surface area contributed by atoms with Crippen molar-refractivity contribution in [3.05, 3.63) is 52.5 Å². The molecule has 316 valence electrons. The number of halogens is 2. The van der Waals surface area contributed by atoms with E-state index in [9.17, 15) is 37.6 Å². The minimum Gasteiger partial charge on any atom is -0.492 e. The molecule has 0 saturated carbocycles. The number of unbranched alkanes of at least 4 members (excludes halogenated alkanes) is 3. The molecule has 1 atom stereocenters. The van der Waals surface area contributed by atoms with Crippen molar-refractivity contribution in [2.45, 2.75) is 103 Å². The number of allylic oxidation sites excluding steroid dienone is 2. The molecule has 5 N–H and O–H groups in total. The molecule has 0 aliphatic carbocycles. The van der Waals surface area contributed by atoms with E-state index >= 15 is 8.63 Å². The maximum atomic E-state index is 17.1. The zero-order valence-electron chi connectivity index (χ0n) is 33.6. The number of rotatable bonds is 23. The van der Waals surface area contributed by atoms with E-state index in [0.29, 0.717) is 45.6 Å².